The summed E-state index contributed by atoms with van der Waals surface area (Å²) < 4.78 is 27.3. The van der Waals surface area contributed by atoms with Gasteiger partial charge in [-0.05, 0) is 48.3 Å². The van der Waals surface area contributed by atoms with E-state index in [9.17, 15) is 8.78 Å². The van der Waals surface area contributed by atoms with Crippen LogP contribution in [0, 0.1) is 17.6 Å². The highest BCUT2D eigenvalue weighted by Crippen LogP contribution is 2.31. The van der Waals surface area contributed by atoms with Gasteiger partial charge in [0.2, 0.25) is 0 Å². The van der Waals surface area contributed by atoms with Crippen LogP contribution in [0.3, 0.4) is 0 Å². The molecule has 19 heavy (non-hydrogen) atoms. The zero-order chi connectivity index (χ0) is 14.2. The molecule has 0 radical (unpaired) electrons. The Bertz CT molecular complexity index is 444. The molecule has 1 aromatic rings. The molecule has 1 aliphatic rings. The van der Waals surface area contributed by atoms with Crippen LogP contribution >= 0.6 is 15.9 Å². The Hall–Kier alpha value is -0.680. The van der Waals surface area contributed by atoms with Gasteiger partial charge in [-0.2, -0.15) is 0 Å². The highest BCUT2D eigenvalue weighted by Gasteiger charge is 2.29. The average Bonchev–Trinajstić information content (AvgIpc) is 2.29. The molecule has 1 saturated heterocycles. The van der Waals surface area contributed by atoms with Gasteiger partial charge in [0.15, 0.2) is 0 Å². The van der Waals surface area contributed by atoms with Crippen LogP contribution in [0.2, 0.25) is 0 Å². The number of nitrogens with zero attached hydrogens (tertiary/aromatic N) is 1. The first-order valence-corrected chi connectivity index (χ1v) is 7.29. The zero-order valence-electron chi connectivity index (χ0n) is 11.4. The number of likely N-dealkylation sites (tertiary alicyclic amines) is 1. The van der Waals surface area contributed by atoms with Gasteiger partial charge < -0.3 is 10.2 Å². The van der Waals surface area contributed by atoms with Crippen LogP contribution in [0.5, 0.6) is 0 Å². The number of benzene rings is 1. The number of hydrogen-bond acceptors (Lipinski definition) is 2. The summed E-state index contributed by atoms with van der Waals surface area (Å²) in [7, 11) is 2.10. The fraction of sp³-hybridized carbons (Fsp3) is 0.571. The van der Waals surface area contributed by atoms with Crippen molar-refractivity contribution in [1.82, 2.24) is 4.90 Å². The van der Waals surface area contributed by atoms with Crippen LogP contribution < -0.4 is 5.32 Å². The topological polar surface area (TPSA) is 15.3 Å². The lowest BCUT2D eigenvalue weighted by Gasteiger charge is -2.40. The lowest BCUT2D eigenvalue weighted by Crippen LogP contribution is -2.48. The number of piperidine rings is 1. The second-order valence-corrected chi connectivity index (χ2v) is 6.35. The van der Waals surface area contributed by atoms with Crippen molar-refractivity contribution in [3.05, 3.63) is 28.2 Å². The van der Waals surface area contributed by atoms with E-state index in [1.165, 1.54) is 6.07 Å². The molecule has 1 fully saturated rings. The maximum absolute atomic E-state index is 13.8. The van der Waals surface area contributed by atoms with Crippen molar-refractivity contribution in [2.45, 2.75) is 32.4 Å². The predicted octanol–water partition coefficient (Wildman–Crippen LogP) is 3.87. The fourth-order valence-corrected chi connectivity index (χ4v) is 3.13. The van der Waals surface area contributed by atoms with Crippen molar-refractivity contribution in [3.8, 4) is 0 Å². The Balaban J connectivity index is 2.17. The maximum atomic E-state index is 13.8. The smallest absolute Gasteiger partial charge is 0.150 e. The molecule has 3 unspecified atom stereocenters. The number of anilines is 1. The summed E-state index contributed by atoms with van der Waals surface area (Å²) in [5, 5.41) is 3.23. The van der Waals surface area contributed by atoms with Gasteiger partial charge in [-0.15, -0.1) is 0 Å². The molecule has 1 aromatic carbocycles. The van der Waals surface area contributed by atoms with E-state index < -0.39 is 11.6 Å². The van der Waals surface area contributed by atoms with Crippen molar-refractivity contribution >= 4 is 21.6 Å². The fourth-order valence-electron chi connectivity index (χ4n) is 2.61. The summed E-state index contributed by atoms with van der Waals surface area (Å²) in [5.74, 6) is -0.706. The van der Waals surface area contributed by atoms with Gasteiger partial charge in [-0.25, -0.2) is 8.78 Å². The molecule has 2 nitrogen and oxygen atoms in total. The minimum Gasteiger partial charge on any atom is -0.379 e. The van der Waals surface area contributed by atoms with E-state index in [-0.39, 0.29) is 6.04 Å². The van der Waals surface area contributed by atoms with Crippen molar-refractivity contribution in [2.24, 2.45) is 5.92 Å². The first kappa shape index (κ1) is 14.7. The van der Waals surface area contributed by atoms with E-state index in [4.69, 9.17) is 0 Å². The van der Waals surface area contributed by atoms with Gasteiger partial charge in [0.25, 0.3) is 0 Å². The molecular weight excluding hydrogens is 314 g/mol. The van der Waals surface area contributed by atoms with Crippen LogP contribution in [-0.2, 0) is 0 Å². The quantitative estimate of drug-likeness (QED) is 0.884. The summed E-state index contributed by atoms with van der Waals surface area (Å²) in [4.78, 5) is 2.30. The van der Waals surface area contributed by atoms with Crippen LogP contribution in [0.4, 0.5) is 14.5 Å². The van der Waals surface area contributed by atoms with Crippen molar-refractivity contribution in [2.75, 3.05) is 18.9 Å². The first-order chi connectivity index (χ1) is 8.88. The number of rotatable bonds is 2. The van der Waals surface area contributed by atoms with E-state index in [1.54, 1.807) is 0 Å². The Morgan fingerprint density at radius 3 is 2.63 bits per heavy atom. The van der Waals surface area contributed by atoms with Crippen LogP contribution in [-0.4, -0.2) is 30.6 Å². The highest BCUT2D eigenvalue weighted by molar-refractivity contribution is 9.10. The number of halogens is 3. The maximum Gasteiger partial charge on any atom is 0.150 e. The molecule has 0 spiro atoms. The molecule has 1 aliphatic heterocycles. The lowest BCUT2D eigenvalue weighted by atomic mass is 9.89. The standard InChI is InChI=1S/C14H19BrF2N2/c1-8-7-19(3)9(2)4-13(8)18-14-11(15)5-10(16)6-12(14)17/h5-6,8-9,13,18H,4,7H2,1-3H3. The summed E-state index contributed by atoms with van der Waals surface area (Å²) in [6.07, 6.45) is 0.945. The van der Waals surface area contributed by atoms with E-state index in [0.717, 1.165) is 19.0 Å². The Labute approximate surface area is 121 Å². The molecule has 1 heterocycles. The van der Waals surface area contributed by atoms with Crippen molar-refractivity contribution < 1.29 is 8.78 Å². The molecule has 0 saturated carbocycles. The SMILES string of the molecule is CC1CN(C)C(C)CC1Nc1c(F)cc(F)cc1Br. The van der Waals surface area contributed by atoms with E-state index in [0.29, 0.717) is 22.1 Å². The zero-order valence-corrected chi connectivity index (χ0v) is 13.0. The van der Waals surface area contributed by atoms with E-state index in [2.05, 4.69) is 47.0 Å². The third-order valence-corrected chi connectivity index (χ3v) is 4.57. The molecule has 106 valence electrons. The summed E-state index contributed by atoms with van der Waals surface area (Å²) in [6, 6.07) is 2.85. The summed E-state index contributed by atoms with van der Waals surface area (Å²) in [5.41, 5.74) is 0.356. The van der Waals surface area contributed by atoms with Gasteiger partial charge in [-0.1, -0.05) is 6.92 Å². The minimum absolute atomic E-state index is 0.197. The van der Waals surface area contributed by atoms with Gasteiger partial charge in [0, 0.05) is 29.2 Å². The van der Waals surface area contributed by atoms with Gasteiger partial charge in [-0.3, -0.25) is 0 Å². The van der Waals surface area contributed by atoms with Crippen LogP contribution in [0.1, 0.15) is 20.3 Å². The van der Waals surface area contributed by atoms with Crippen molar-refractivity contribution in [1.29, 1.82) is 0 Å². The molecule has 5 heteroatoms. The monoisotopic (exact) mass is 332 g/mol. The molecule has 1 N–H and O–H groups in total. The normalized spacial score (nSPS) is 28.4. The molecule has 2 rings (SSSR count). The molecule has 0 aliphatic carbocycles. The average molecular weight is 333 g/mol. The Morgan fingerprint density at radius 2 is 2.00 bits per heavy atom. The third-order valence-electron chi connectivity index (χ3n) is 3.95. The lowest BCUT2D eigenvalue weighted by molar-refractivity contribution is 0.145. The van der Waals surface area contributed by atoms with Gasteiger partial charge in [0.1, 0.15) is 11.6 Å². The largest absolute Gasteiger partial charge is 0.379 e. The second-order valence-electron chi connectivity index (χ2n) is 5.50. The Kier molecular flexibility index (Phi) is 4.46. The van der Waals surface area contributed by atoms with Crippen LogP contribution in [0.15, 0.2) is 16.6 Å². The summed E-state index contributed by atoms with van der Waals surface area (Å²) >= 11 is 3.22. The number of nitrogens with one attached hydrogen (secondary N) is 1. The third kappa shape index (κ3) is 3.26. The van der Waals surface area contributed by atoms with Gasteiger partial charge in [0.05, 0.1) is 5.69 Å². The molecule has 0 bridgehead atoms. The molecule has 0 aromatic heterocycles. The highest BCUT2D eigenvalue weighted by atomic mass is 79.9. The first-order valence-electron chi connectivity index (χ1n) is 6.49. The summed E-state index contributed by atoms with van der Waals surface area (Å²) in [6.45, 7) is 5.28. The van der Waals surface area contributed by atoms with E-state index in [1.807, 2.05) is 0 Å². The molecular formula is C14H19BrF2N2. The van der Waals surface area contributed by atoms with E-state index >= 15 is 0 Å². The molecule has 0 amide bonds. The van der Waals surface area contributed by atoms with Crippen LogP contribution in [0.25, 0.3) is 0 Å². The van der Waals surface area contributed by atoms with Crippen molar-refractivity contribution in [3.63, 3.8) is 0 Å². The number of hydrogen-bond donors (Lipinski definition) is 1. The Morgan fingerprint density at radius 1 is 1.32 bits per heavy atom. The molecule has 3 atom stereocenters. The minimum atomic E-state index is -0.570. The predicted molar refractivity (Wildman–Crippen MR) is 77.3 cm³/mol. The van der Waals surface area contributed by atoms with Gasteiger partial charge >= 0.3 is 0 Å². The second kappa shape index (κ2) is 5.75.